The maximum Gasteiger partial charge on any atom is 0.404 e. The van der Waals surface area contributed by atoms with Gasteiger partial charge in [-0.3, -0.25) is 14.5 Å². The molecule has 1 aromatic rings. The van der Waals surface area contributed by atoms with Crippen molar-refractivity contribution >= 4 is 29.3 Å². The lowest BCUT2D eigenvalue weighted by atomic mass is 10.1. The van der Waals surface area contributed by atoms with Crippen molar-refractivity contribution in [1.29, 1.82) is 10.5 Å². The van der Waals surface area contributed by atoms with Gasteiger partial charge in [-0.15, -0.1) is 11.8 Å². The number of thioether (sulfide) groups is 1. The lowest BCUT2D eigenvalue weighted by molar-refractivity contribution is -0.175. The molecular weight excluding hydrogens is 505 g/mol. The first-order valence-electron chi connectivity index (χ1n) is 12.3. The highest BCUT2D eigenvalue weighted by molar-refractivity contribution is 8.02. The van der Waals surface area contributed by atoms with E-state index < -0.39 is 40.1 Å². The number of alkyl halides is 3. The molecule has 8 nitrogen and oxygen atoms in total. The molecule has 0 radical (unpaired) electrons. The predicted molar refractivity (Wildman–Crippen MR) is 132 cm³/mol. The van der Waals surface area contributed by atoms with Crippen LogP contribution in [0.2, 0.25) is 0 Å². The van der Waals surface area contributed by atoms with E-state index in [4.69, 9.17) is 5.26 Å². The van der Waals surface area contributed by atoms with Crippen molar-refractivity contribution in [2.45, 2.75) is 48.5 Å². The second-order valence-corrected chi connectivity index (χ2v) is 10.9. The summed E-state index contributed by atoms with van der Waals surface area (Å²) in [7, 11) is 0. The minimum Gasteiger partial charge on any atom is -0.383 e. The number of carbonyl (C=O) groups excluding carboxylic acids is 2. The zero-order chi connectivity index (χ0) is 26.8. The summed E-state index contributed by atoms with van der Waals surface area (Å²) < 4.78 is 39.7. The van der Waals surface area contributed by atoms with Gasteiger partial charge < -0.3 is 15.5 Å². The van der Waals surface area contributed by atoms with Crippen LogP contribution in [0.4, 0.5) is 18.9 Å². The number of carbonyl (C=O) groups is 2. The van der Waals surface area contributed by atoms with Crippen LogP contribution >= 0.6 is 11.8 Å². The first-order chi connectivity index (χ1) is 17.7. The van der Waals surface area contributed by atoms with Crippen molar-refractivity contribution in [3.8, 4) is 12.1 Å². The lowest BCUT2D eigenvalue weighted by Gasteiger charge is -2.26. The average molecular weight is 535 g/mol. The Labute approximate surface area is 218 Å². The van der Waals surface area contributed by atoms with Gasteiger partial charge in [-0.25, -0.2) is 0 Å². The molecule has 5 unspecified atom stereocenters. The third kappa shape index (κ3) is 5.23. The highest BCUT2D eigenvalue weighted by atomic mass is 32.2. The van der Waals surface area contributed by atoms with Crippen LogP contribution in [0.25, 0.3) is 0 Å². The molecule has 37 heavy (non-hydrogen) atoms. The summed E-state index contributed by atoms with van der Waals surface area (Å²) in [5.74, 6) is -1.91. The van der Waals surface area contributed by atoms with Crippen LogP contribution in [0.5, 0.6) is 0 Å². The minimum absolute atomic E-state index is 0.141. The van der Waals surface area contributed by atoms with Crippen LogP contribution in [0.1, 0.15) is 25.3 Å². The van der Waals surface area contributed by atoms with Crippen molar-refractivity contribution in [3.05, 3.63) is 29.8 Å². The fraction of sp³-hybridized carbons (Fsp3) is 0.600. The molecular formula is C25H29F3N6O2S. The summed E-state index contributed by atoms with van der Waals surface area (Å²) in [5.41, 5.74) is 1.65. The zero-order valence-electron chi connectivity index (χ0n) is 20.4. The van der Waals surface area contributed by atoms with Crippen LogP contribution in [-0.4, -0.2) is 76.7 Å². The molecule has 5 atom stereocenters. The predicted octanol–water partition coefficient (Wildman–Crippen LogP) is 2.74. The van der Waals surface area contributed by atoms with Crippen LogP contribution in [0.15, 0.2) is 24.3 Å². The van der Waals surface area contributed by atoms with Crippen molar-refractivity contribution in [2.24, 2.45) is 11.8 Å². The Morgan fingerprint density at radius 1 is 1.32 bits per heavy atom. The fourth-order valence-electron chi connectivity index (χ4n) is 5.58. The Morgan fingerprint density at radius 2 is 2.11 bits per heavy atom. The number of nitriles is 2. The highest BCUT2D eigenvalue weighted by Crippen LogP contribution is 2.66. The van der Waals surface area contributed by atoms with Crippen LogP contribution in [-0.2, 0) is 16.0 Å². The van der Waals surface area contributed by atoms with Crippen molar-refractivity contribution < 1.29 is 22.8 Å². The summed E-state index contributed by atoms with van der Waals surface area (Å²) in [6.07, 6.45) is -3.05. The minimum atomic E-state index is -4.21. The maximum absolute atomic E-state index is 13.2. The van der Waals surface area contributed by atoms with Gasteiger partial charge in [0.1, 0.15) is 22.7 Å². The normalized spacial score (nSPS) is 29.2. The Balaban J connectivity index is 1.37. The van der Waals surface area contributed by atoms with Gasteiger partial charge in [-0.1, -0.05) is 12.1 Å². The molecule has 3 aliphatic rings. The van der Waals surface area contributed by atoms with Gasteiger partial charge in [-0.2, -0.15) is 23.7 Å². The van der Waals surface area contributed by atoms with Gasteiger partial charge in [0.05, 0.1) is 24.0 Å². The van der Waals surface area contributed by atoms with Gasteiger partial charge in [0.2, 0.25) is 11.8 Å². The van der Waals surface area contributed by atoms with E-state index in [0.29, 0.717) is 32.5 Å². The third-order valence-electron chi connectivity index (χ3n) is 7.34. The van der Waals surface area contributed by atoms with Crippen LogP contribution in [0.3, 0.4) is 0 Å². The quantitative estimate of drug-likeness (QED) is 0.469. The number of nitrogens with one attached hydrogen (secondary N) is 2. The molecule has 3 fully saturated rings. The van der Waals surface area contributed by atoms with E-state index in [2.05, 4.69) is 16.7 Å². The molecule has 0 aromatic heterocycles. The summed E-state index contributed by atoms with van der Waals surface area (Å²) in [5, 5.41) is 23.7. The Hall–Kier alpha value is -2.96. The molecule has 1 saturated carbocycles. The lowest BCUT2D eigenvalue weighted by Crippen LogP contribution is -2.42. The molecule has 2 saturated heterocycles. The molecule has 1 spiro atoms. The standard InChI is InChI=1S/C25H29F3N6O2S/c1-2-34-23(36)19(37-24(34)18(14-30)21(24)22(35)31-10-9-29)15-32-17-6-3-5-16(13-17)8-12-33-11-4-7-20(33)25(26,27)28/h3,5-6,13,18-21,32H,2,4,7-8,10-12,15H2,1H3,(H,31,35). The van der Waals surface area contributed by atoms with Gasteiger partial charge >= 0.3 is 6.18 Å². The first-order valence-corrected chi connectivity index (χ1v) is 13.2. The molecule has 2 N–H and O–H groups in total. The second-order valence-electron chi connectivity index (χ2n) is 9.47. The van der Waals surface area contributed by atoms with E-state index in [1.54, 1.807) is 11.8 Å². The van der Waals surface area contributed by atoms with Gasteiger partial charge in [0.15, 0.2) is 0 Å². The van der Waals surface area contributed by atoms with Crippen molar-refractivity contribution in [2.75, 3.05) is 38.0 Å². The van der Waals surface area contributed by atoms with Crippen molar-refractivity contribution in [1.82, 2.24) is 15.1 Å². The maximum atomic E-state index is 13.2. The van der Waals surface area contributed by atoms with Crippen molar-refractivity contribution in [3.63, 3.8) is 0 Å². The molecule has 198 valence electrons. The average Bonchev–Trinajstić information content (AvgIpc) is 3.13. The number of benzene rings is 1. The number of rotatable bonds is 9. The molecule has 2 heterocycles. The van der Waals surface area contributed by atoms with Gasteiger partial charge in [-0.05, 0) is 50.4 Å². The van der Waals surface area contributed by atoms with Crippen LogP contribution < -0.4 is 10.6 Å². The summed E-state index contributed by atoms with van der Waals surface area (Å²) in [6.45, 7) is 3.04. The fourth-order valence-corrected chi connectivity index (χ4v) is 7.44. The number of hydrogen-bond donors (Lipinski definition) is 2. The summed E-state index contributed by atoms with van der Waals surface area (Å²) in [6, 6.07) is 10.0. The molecule has 2 aliphatic heterocycles. The van der Waals surface area contributed by atoms with E-state index in [1.807, 2.05) is 30.3 Å². The largest absolute Gasteiger partial charge is 0.404 e. The second kappa shape index (κ2) is 10.8. The number of halogens is 3. The van der Waals surface area contributed by atoms with Crippen LogP contribution in [0, 0.1) is 34.5 Å². The summed E-state index contributed by atoms with van der Waals surface area (Å²) >= 11 is 1.31. The number of likely N-dealkylation sites (tertiary alicyclic amines) is 1. The molecule has 2 amide bonds. The monoisotopic (exact) mass is 534 g/mol. The van der Waals surface area contributed by atoms with E-state index in [9.17, 15) is 28.0 Å². The molecule has 1 aromatic carbocycles. The molecule has 4 rings (SSSR count). The first kappa shape index (κ1) is 27.1. The topological polar surface area (TPSA) is 112 Å². The van der Waals surface area contributed by atoms with E-state index in [0.717, 1.165) is 11.3 Å². The third-order valence-corrected chi connectivity index (χ3v) is 9.10. The van der Waals surface area contributed by atoms with E-state index in [-0.39, 0.29) is 25.4 Å². The number of anilines is 1. The Morgan fingerprint density at radius 3 is 2.78 bits per heavy atom. The Kier molecular flexibility index (Phi) is 7.91. The van der Waals surface area contributed by atoms with E-state index in [1.165, 1.54) is 16.7 Å². The SMILES string of the molecule is CCN1C(=O)C(CNc2cccc(CCN3CCCC3C(F)(F)F)c2)SC12C(C#N)C2C(=O)NCC#N. The molecule has 12 heteroatoms. The highest BCUT2D eigenvalue weighted by Gasteiger charge is 2.77. The van der Waals surface area contributed by atoms with Gasteiger partial charge in [0, 0.05) is 25.3 Å². The summed E-state index contributed by atoms with van der Waals surface area (Å²) in [4.78, 5) is 27.9. The Bertz CT molecular complexity index is 1120. The number of hydrogen-bond acceptors (Lipinski definition) is 7. The molecule has 0 bridgehead atoms. The van der Waals surface area contributed by atoms with Gasteiger partial charge in [0.25, 0.3) is 0 Å². The smallest absolute Gasteiger partial charge is 0.383 e. The zero-order valence-corrected chi connectivity index (χ0v) is 21.2. The van der Waals surface area contributed by atoms with E-state index >= 15 is 0 Å². The molecule has 1 aliphatic carbocycles. The number of nitrogens with zero attached hydrogens (tertiary/aromatic N) is 4. The number of amides is 2.